The first-order valence-corrected chi connectivity index (χ1v) is 6.64. The summed E-state index contributed by atoms with van der Waals surface area (Å²) in [7, 11) is 1.67. The van der Waals surface area contributed by atoms with Gasteiger partial charge in [-0.3, -0.25) is 0 Å². The zero-order valence-corrected chi connectivity index (χ0v) is 11.6. The highest BCUT2D eigenvalue weighted by Gasteiger charge is 2.18. The Kier molecular flexibility index (Phi) is 6.97. The molecule has 0 spiro atoms. The van der Waals surface area contributed by atoms with Gasteiger partial charge in [0.2, 0.25) is 0 Å². The normalized spacial score (nSPS) is 12.1. The SMILES string of the molecule is CCCCC(Oc1ccc(CCOC)cc1)C(=O)O. The third-order valence-electron chi connectivity index (χ3n) is 2.89. The Morgan fingerprint density at radius 3 is 2.53 bits per heavy atom. The molecule has 19 heavy (non-hydrogen) atoms. The molecular weight excluding hydrogens is 244 g/mol. The van der Waals surface area contributed by atoms with Gasteiger partial charge in [0, 0.05) is 7.11 Å². The molecule has 1 aromatic rings. The molecule has 1 unspecified atom stereocenters. The summed E-state index contributed by atoms with van der Waals surface area (Å²) < 4.78 is 10.5. The minimum absolute atomic E-state index is 0.539. The van der Waals surface area contributed by atoms with Gasteiger partial charge in [-0.15, -0.1) is 0 Å². The van der Waals surface area contributed by atoms with Crippen molar-refractivity contribution in [2.24, 2.45) is 0 Å². The molecule has 0 aliphatic heterocycles. The standard InChI is InChI=1S/C15H22O4/c1-3-4-5-14(15(16)17)19-13-8-6-12(7-9-13)10-11-18-2/h6-9,14H,3-5,10-11H2,1-2H3,(H,16,17). The molecule has 0 aromatic heterocycles. The van der Waals surface area contributed by atoms with Crippen molar-refractivity contribution in [3.8, 4) is 5.75 Å². The summed E-state index contributed by atoms with van der Waals surface area (Å²) in [4.78, 5) is 11.1. The minimum atomic E-state index is -0.906. The van der Waals surface area contributed by atoms with Gasteiger partial charge in [0.05, 0.1) is 6.61 Å². The Hall–Kier alpha value is -1.55. The van der Waals surface area contributed by atoms with Crippen molar-refractivity contribution >= 4 is 5.97 Å². The summed E-state index contributed by atoms with van der Waals surface area (Å²) in [5.74, 6) is -0.304. The Balaban J connectivity index is 2.56. The Morgan fingerprint density at radius 1 is 1.32 bits per heavy atom. The fraction of sp³-hybridized carbons (Fsp3) is 0.533. The third-order valence-corrected chi connectivity index (χ3v) is 2.89. The molecule has 0 saturated carbocycles. The van der Waals surface area contributed by atoms with Crippen LogP contribution in [0.25, 0.3) is 0 Å². The largest absolute Gasteiger partial charge is 0.479 e. The molecule has 0 bridgehead atoms. The number of methoxy groups -OCH3 is 1. The van der Waals surface area contributed by atoms with Crippen molar-refractivity contribution in [2.45, 2.75) is 38.7 Å². The first-order chi connectivity index (χ1) is 9.17. The van der Waals surface area contributed by atoms with Gasteiger partial charge in [-0.05, 0) is 37.0 Å². The second kappa shape index (κ2) is 8.53. The van der Waals surface area contributed by atoms with E-state index in [1.807, 2.05) is 31.2 Å². The van der Waals surface area contributed by atoms with Crippen molar-refractivity contribution in [2.75, 3.05) is 13.7 Å². The zero-order valence-electron chi connectivity index (χ0n) is 11.6. The van der Waals surface area contributed by atoms with Gasteiger partial charge in [0.25, 0.3) is 0 Å². The van der Waals surface area contributed by atoms with Crippen LogP contribution in [0.4, 0.5) is 0 Å². The van der Waals surface area contributed by atoms with Crippen molar-refractivity contribution in [3.05, 3.63) is 29.8 Å². The maximum absolute atomic E-state index is 11.1. The highest BCUT2D eigenvalue weighted by Crippen LogP contribution is 2.16. The molecule has 0 heterocycles. The van der Waals surface area contributed by atoms with E-state index in [0.29, 0.717) is 18.8 Å². The van der Waals surface area contributed by atoms with Gasteiger partial charge in [0.1, 0.15) is 5.75 Å². The van der Waals surface area contributed by atoms with E-state index in [-0.39, 0.29) is 0 Å². The van der Waals surface area contributed by atoms with Crippen LogP contribution >= 0.6 is 0 Å². The summed E-state index contributed by atoms with van der Waals surface area (Å²) in [5.41, 5.74) is 1.15. The van der Waals surface area contributed by atoms with Crippen molar-refractivity contribution in [1.29, 1.82) is 0 Å². The first kappa shape index (κ1) is 15.5. The molecule has 0 amide bonds. The molecule has 4 nitrogen and oxygen atoms in total. The van der Waals surface area contributed by atoms with Crippen LogP contribution in [0, 0.1) is 0 Å². The summed E-state index contributed by atoms with van der Waals surface area (Å²) in [6, 6.07) is 7.50. The van der Waals surface area contributed by atoms with E-state index in [0.717, 1.165) is 24.8 Å². The molecule has 1 rings (SSSR count). The molecule has 106 valence electrons. The number of hydrogen-bond acceptors (Lipinski definition) is 3. The van der Waals surface area contributed by atoms with Gasteiger partial charge >= 0.3 is 5.97 Å². The lowest BCUT2D eigenvalue weighted by Crippen LogP contribution is -2.26. The smallest absolute Gasteiger partial charge is 0.344 e. The second-order valence-corrected chi connectivity index (χ2v) is 4.47. The van der Waals surface area contributed by atoms with Crippen LogP contribution in [0.2, 0.25) is 0 Å². The fourth-order valence-corrected chi connectivity index (χ4v) is 1.74. The number of carboxylic acid groups (broad SMARTS) is 1. The molecule has 1 aromatic carbocycles. The maximum atomic E-state index is 11.1. The number of unbranched alkanes of at least 4 members (excludes halogenated alkanes) is 1. The van der Waals surface area contributed by atoms with Gasteiger partial charge < -0.3 is 14.6 Å². The van der Waals surface area contributed by atoms with E-state index in [9.17, 15) is 4.79 Å². The number of rotatable bonds is 9. The monoisotopic (exact) mass is 266 g/mol. The number of hydrogen-bond donors (Lipinski definition) is 1. The van der Waals surface area contributed by atoms with Crippen LogP contribution in [0.3, 0.4) is 0 Å². The third kappa shape index (κ3) is 5.75. The number of aliphatic carboxylic acids is 1. The van der Waals surface area contributed by atoms with E-state index in [1.165, 1.54) is 0 Å². The van der Waals surface area contributed by atoms with Gasteiger partial charge in [-0.1, -0.05) is 25.5 Å². The maximum Gasteiger partial charge on any atom is 0.344 e. The van der Waals surface area contributed by atoms with Crippen molar-refractivity contribution < 1.29 is 19.4 Å². The summed E-state index contributed by atoms with van der Waals surface area (Å²) >= 11 is 0. The molecule has 1 N–H and O–H groups in total. The van der Waals surface area contributed by atoms with Crippen molar-refractivity contribution in [1.82, 2.24) is 0 Å². The van der Waals surface area contributed by atoms with E-state index >= 15 is 0 Å². The second-order valence-electron chi connectivity index (χ2n) is 4.47. The minimum Gasteiger partial charge on any atom is -0.479 e. The molecule has 4 heteroatoms. The summed E-state index contributed by atoms with van der Waals surface area (Å²) in [6.07, 6.45) is 2.43. The molecule has 0 fully saturated rings. The Bertz CT molecular complexity index is 372. The Labute approximate surface area is 114 Å². The lowest BCUT2D eigenvalue weighted by atomic mass is 10.1. The molecule has 0 aliphatic rings. The van der Waals surface area contributed by atoms with E-state index < -0.39 is 12.1 Å². The molecule has 0 radical (unpaired) electrons. The van der Waals surface area contributed by atoms with Gasteiger partial charge in [-0.25, -0.2) is 4.79 Å². The number of carboxylic acids is 1. The van der Waals surface area contributed by atoms with E-state index in [2.05, 4.69) is 0 Å². The lowest BCUT2D eigenvalue weighted by Gasteiger charge is -2.15. The number of carbonyl (C=O) groups is 1. The molecule has 0 saturated heterocycles. The topological polar surface area (TPSA) is 55.8 Å². The van der Waals surface area contributed by atoms with E-state index in [1.54, 1.807) is 7.11 Å². The van der Waals surface area contributed by atoms with Gasteiger partial charge in [-0.2, -0.15) is 0 Å². The van der Waals surface area contributed by atoms with Crippen LogP contribution in [0.1, 0.15) is 31.7 Å². The highest BCUT2D eigenvalue weighted by atomic mass is 16.5. The van der Waals surface area contributed by atoms with Crippen LogP contribution in [-0.2, 0) is 16.0 Å². The van der Waals surface area contributed by atoms with Crippen molar-refractivity contribution in [3.63, 3.8) is 0 Å². The van der Waals surface area contributed by atoms with Gasteiger partial charge in [0.15, 0.2) is 6.10 Å². The molecule has 1 atom stereocenters. The summed E-state index contributed by atoms with van der Waals surface area (Å²) in [5, 5.41) is 9.09. The van der Waals surface area contributed by atoms with Crippen LogP contribution in [0.5, 0.6) is 5.75 Å². The fourth-order valence-electron chi connectivity index (χ4n) is 1.74. The molecule has 0 aliphatic carbocycles. The molecular formula is C15H22O4. The van der Waals surface area contributed by atoms with Crippen LogP contribution < -0.4 is 4.74 Å². The number of ether oxygens (including phenoxy) is 2. The number of benzene rings is 1. The predicted octanol–water partition coefficient (Wildman–Crippen LogP) is 2.90. The highest BCUT2D eigenvalue weighted by molar-refractivity contribution is 5.72. The quantitative estimate of drug-likeness (QED) is 0.746. The summed E-state index contributed by atoms with van der Waals surface area (Å²) in [6.45, 7) is 2.71. The van der Waals surface area contributed by atoms with Crippen LogP contribution in [-0.4, -0.2) is 30.9 Å². The average molecular weight is 266 g/mol. The Morgan fingerprint density at radius 2 is 2.00 bits per heavy atom. The predicted molar refractivity (Wildman–Crippen MR) is 73.6 cm³/mol. The average Bonchev–Trinajstić information content (AvgIpc) is 2.42. The lowest BCUT2D eigenvalue weighted by molar-refractivity contribution is -0.145. The first-order valence-electron chi connectivity index (χ1n) is 6.64. The van der Waals surface area contributed by atoms with Crippen LogP contribution in [0.15, 0.2) is 24.3 Å². The zero-order chi connectivity index (χ0) is 14.1. The van der Waals surface area contributed by atoms with E-state index in [4.69, 9.17) is 14.6 Å².